The number of aromatic nitrogens is 2. The summed E-state index contributed by atoms with van der Waals surface area (Å²) in [5.41, 5.74) is 1.81. The van der Waals surface area contributed by atoms with Crippen molar-refractivity contribution in [3.8, 4) is 0 Å². The normalized spacial score (nSPS) is 15.6. The lowest BCUT2D eigenvalue weighted by molar-refractivity contribution is 0.194. The highest BCUT2D eigenvalue weighted by Gasteiger charge is 2.25. The number of piperidine rings is 1. The Bertz CT molecular complexity index is 807. The van der Waals surface area contributed by atoms with Crippen molar-refractivity contribution >= 4 is 33.3 Å². The Hall–Kier alpha value is -2.47. The average molecular weight is 338 g/mol. The molecule has 1 fully saturated rings. The van der Waals surface area contributed by atoms with E-state index in [0.29, 0.717) is 5.92 Å². The van der Waals surface area contributed by atoms with Gasteiger partial charge in [0.05, 0.1) is 27.1 Å². The number of para-hydroxylation sites is 1. The third kappa shape index (κ3) is 3.10. The molecule has 1 saturated heterocycles. The van der Waals surface area contributed by atoms with Crippen LogP contribution in [0.2, 0.25) is 0 Å². The number of benzene rings is 1. The second kappa shape index (κ2) is 6.57. The highest BCUT2D eigenvalue weighted by molar-refractivity contribution is 7.18. The van der Waals surface area contributed by atoms with Crippen LogP contribution in [0.25, 0.3) is 10.2 Å². The monoisotopic (exact) mass is 338 g/mol. The Morgan fingerprint density at radius 2 is 2.00 bits per heavy atom. The molecular formula is C18H18N4OS. The number of hydrogen-bond acceptors (Lipinski definition) is 4. The van der Waals surface area contributed by atoms with Gasteiger partial charge in [-0.2, -0.15) is 0 Å². The van der Waals surface area contributed by atoms with Gasteiger partial charge in [-0.3, -0.25) is 4.98 Å². The lowest BCUT2D eigenvalue weighted by atomic mass is 9.98. The van der Waals surface area contributed by atoms with E-state index >= 15 is 0 Å². The highest BCUT2D eigenvalue weighted by atomic mass is 32.1. The molecule has 122 valence electrons. The number of urea groups is 1. The Kier molecular flexibility index (Phi) is 4.13. The van der Waals surface area contributed by atoms with Gasteiger partial charge in [0.2, 0.25) is 0 Å². The molecule has 0 atom stereocenters. The first-order valence-corrected chi connectivity index (χ1v) is 8.93. The first-order valence-electron chi connectivity index (χ1n) is 8.11. The number of likely N-dealkylation sites (tertiary alicyclic amines) is 1. The van der Waals surface area contributed by atoms with E-state index in [0.717, 1.165) is 37.1 Å². The fourth-order valence-electron chi connectivity index (χ4n) is 3.03. The lowest BCUT2D eigenvalue weighted by Gasteiger charge is -2.31. The number of nitrogens with one attached hydrogen (secondary N) is 1. The maximum atomic E-state index is 12.3. The molecule has 24 heavy (non-hydrogen) atoms. The van der Waals surface area contributed by atoms with Gasteiger partial charge in [0.1, 0.15) is 0 Å². The number of thiazole rings is 1. The minimum Gasteiger partial charge on any atom is -0.324 e. The molecule has 6 heteroatoms. The van der Waals surface area contributed by atoms with Crippen molar-refractivity contribution in [3.63, 3.8) is 0 Å². The number of amides is 2. The zero-order valence-electron chi connectivity index (χ0n) is 13.2. The van der Waals surface area contributed by atoms with Gasteiger partial charge in [0.15, 0.2) is 0 Å². The van der Waals surface area contributed by atoms with Crippen molar-refractivity contribution in [1.29, 1.82) is 0 Å². The number of carbonyl (C=O) groups is 1. The molecule has 0 spiro atoms. The summed E-state index contributed by atoms with van der Waals surface area (Å²) >= 11 is 1.78. The Morgan fingerprint density at radius 1 is 1.17 bits per heavy atom. The van der Waals surface area contributed by atoms with Crippen LogP contribution in [0.4, 0.5) is 10.5 Å². The van der Waals surface area contributed by atoms with Gasteiger partial charge in [0.25, 0.3) is 0 Å². The van der Waals surface area contributed by atoms with Crippen LogP contribution in [0.1, 0.15) is 23.8 Å². The number of carbonyl (C=O) groups excluding carboxylic acids is 1. The summed E-state index contributed by atoms with van der Waals surface area (Å²) in [5.74, 6) is 0.449. The van der Waals surface area contributed by atoms with Gasteiger partial charge in [-0.05, 0) is 37.1 Å². The summed E-state index contributed by atoms with van der Waals surface area (Å²) in [6.45, 7) is 1.51. The fourth-order valence-corrected chi connectivity index (χ4v) is 4.17. The standard InChI is InChI=1S/C18H18N4OS/c23-18(20-14-4-3-9-19-12-14)22-10-7-13(8-11-22)17-21-15-5-1-2-6-16(15)24-17/h1-6,9,12-13H,7-8,10-11H2,(H,20,23). The van der Waals surface area contributed by atoms with Crippen molar-refractivity contribution in [2.75, 3.05) is 18.4 Å². The minimum absolute atomic E-state index is 0.0502. The topological polar surface area (TPSA) is 58.1 Å². The van der Waals surface area contributed by atoms with Crippen LogP contribution in [0, 0.1) is 0 Å². The van der Waals surface area contributed by atoms with Crippen LogP contribution >= 0.6 is 11.3 Å². The second-order valence-corrected chi connectivity index (χ2v) is 7.02. The summed E-state index contributed by atoms with van der Waals surface area (Å²) in [6, 6.07) is 11.9. The quantitative estimate of drug-likeness (QED) is 0.765. The van der Waals surface area contributed by atoms with Gasteiger partial charge >= 0.3 is 6.03 Å². The van der Waals surface area contributed by atoms with Crippen molar-refractivity contribution < 1.29 is 4.79 Å². The van der Waals surface area contributed by atoms with Gasteiger partial charge < -0.3 is 10.2 Å². The molecule has 5 nitrogen and oxygen atoms in total. The molecule has 1 N–H and O–H groups in total. The highest BCUT2D eigenvalue weighted by Crippen LogP contribution is 2.33. The van der Waals surface area contributed by atoms with Gasteiger partial charge in [-0.25, -0.2) is 9.78 Å². The SMILES string of the molecule is O=C(Nc1cccnc1)N1CCC(c2nc3ccccc3s2)CC1. The molecule has 2 amide bonds. The maximum absolute atomic E-state index is 12.3. The van der Waals surface area contributed by atoms with Gasteiger partial charge in [-0.15, -0.1) is 11.3 Å². The second-order valence-electron chi connectivity index (χ2n) is 5.95. The fraction of sp³-hybridized carbons (Fsp3) is 0.278. The molecule has 0 bridgehead atoms. The summed E-state index contributed by atoms with van der Waals surface area (Å²) < 4.78 is 1.24. The molecule has 4 rings (SSSR count). The molecule has 1 aliphatic rings. The van der Waals surface area contributed by atoms with E-state index in [1.165, 1.54) is 9.71 Å². The number of fused-ring (bicyclic) bond motifs is 1. The largest absolute Gasteiger partial charge is 0.324 e. The van der Waals surface area contributed by atoms with Crippen molar-refractivity contribution in [3.05, 3.63) is 53.8 Å². The maximum Gasteiger partial charge on any atom is 0.321 e. The zero-order valence-corrected chi connectivity index (χ0v) is 14.0. The van der Waals surface area contributed by atoms with Crippen LogP contribution in [-0.4, -0.2) is 34.0 Å². The predicted octanol–water partition coefficient (Wildman–Crippen LogP) is 4.10. The zero-order chi connectivity index (χ0) is 16.4. The Balaban J connectivity index is 1.38. The van der Waals surface area contributed by atoms with Crippen molar-refractivity contribution in [2.24, 2.45) is 0 Å². The smallest absolute Gasteiger partial charge is 0.321 e. The van der Waals surface area contributed by atoms with Crippen LogP contribution in [-0.2, 0) is 0 Å². The van der Waals surface area contributed by atoms with Crippen LogP contribution < -0.4 is 5.32 Å². The number of anilines is 1. The molecule has 3 heterocycles. The van der Waals surface area contributed by atoms with E-state index in [1.54, 1.807) is 23.7 Å². The van der Waals surface area contributed by atoms with Gasteiger partial charge in [0, 0.05) is 25.2 Å². The first-order chi connectivity index (χ1) is 11.8. The third-order valence-corrected chi connectivity index (χ3v) is 5.55. The predicted molar refractivity (Wildman–Crippen MR) is 96.4 cm³/mol. The number of rotatable bonds is 2. The molecule has 0 unspecified atom stereocenters. The van der Waals surface area contributed by atoms with Crippen molar-refractivity contribution in [2.45, 2.75) is 18.8 Å². The van der Waals surface area contributed by atoms with E-state index in [2.05, 4.69) is 28.5 Å². The molecule has 1 aromatic carbocycles. The number of hydrogen-bond donors (Lipinski definition) is 1. The van der Waals surface area contributed by atoms with Crippen LogP contribution in [0.5, 0.6) is 0 Å². The average Bonchev–Trinajstić information content (AvgIpc) is 3.07. The van der Waals surface area contributed by atoms with E-state index in [-0.39, 0.29) is 6.03 Å². The summed E-state index contributed by atoms with van der Waals surface area (Å²) in [7, 11) is 0. The number of pyridine rings is 1. The van der Waals surface area contributed by atoms with Crippen LogP contribution in [0.15, 0.2) is 48.8 Å². The Labute approximate surface area is 144 Å². The molecule has 1 aliphatic heterocycles. The van der Waals surface area contributed by atoms with E-state index in [1.807, 2.05) is 23.1 Å². The molecule has 3 aromatic rings. The van der Waals surface area contributed by atoms with E-state index in [4.69, 9.17) is 4.98 Å². The molecule has 0 radical (unpaired) electrons. The van der Waals surface area contributed by atoms with Crippen molar-refractivity contribution in [1.82, 2.24) is 14.9 Å². The molecule has 2 aromatic heterocycles. The Morgan fingerprint density at radius 3 is 2.75 bits per heavy atom. The summed E-state index contributed by atoms with van der Waals surface area (Å²) in [5, 5.41) is 4.10. The third-order valence-electron chi connectivity index (χ3n) is 4.35. The first kappa shape index (κ1) is 15.1. The van der Waals surface area contributed by atoms with E-state index in [9.17, 15) is 4.79 Å². The summed E-state index contributed by atoms with van der Waals surface area (Å²) in [6.07, 6.45) is 5.27. The van der Waals surface area contributed by atoms with Crippen LogP contribution in [0.3, 0.4) is 0 Å². The molecule has 0 aliphatic carbocycles. The molecule has 0 saturated carbocycles. The summed E-state index contributed by atoms with van der Waals surface area (Å²) in [4.78, 5) is 23.0. The minimum atomic E-state index is -0.0502. The van der Waals surface area contributed by atoms with E-state index < -0.39 is 0 Å². The molecular weight excluding hydrogens is 320 g/mol. The van der Waals surface area contributed by atoms with Gasteiger partial charge in [-0.1, -0.05) is 12.1 Å². The number of nitrogens with zero attached hydrogens (tertiary/aromatic N) is 3. The lowest BCUT2D eigenvalue weighted by Crippen LogP contribution is -2.40.